The Morgan fingerprint density at radius 2 is 1.54 bits per heavy atom. The third-order valence-electron chi connectivity index (χ3n) is 14.0. The van der Waals surface area contributed by atoms with Gasteiger partial charge in [0.15, 0.2) is 0 Å². The molecular formula is C41H62N8O7. The molecule has 2 bridgehead atoms. The Balaban J connectivity index is 0.866. The summed E-state index contributed by atoms with van der Waals surface area (Å²) < 4.78 is 1.71. The minimum absolute atomic E-state index is 0.0365. The Kier molecular flexibility index (Phi) is 12.9. The fourth-order valence-corrected chi connectivity index (χ4v) is 11.1. The van der Waals surface area contributed by atoms with Gasteiger partial charge < -0.3 is 25.8 Å². The first-order valence-electron chi connectivity index (χ1n) is 21.5. The minimum atomic E-state index is -0.463. The third kappa shape index (κ3) is 8.31. The number of fused-ring (bicyclic) bond motifs is 5. The maximum atomic E-state index is 13.7. The maximum Gasteiger partial charge on any atom is 0.233 e. The predicted octanol–water partition coefficient (Wildman–Crippen LogP) is 3.10. The lowest BCUT2D eigenvalue weighted by Crippen LogP contribution is -2.56. The number of carbonyl (C=O) groups excluding carboxylic acids is 5. The zero-order valence-electron chi connectivity index (χ0n) is 32.9. The first-order valence-corrected chi connectivity index (χ1v) is 21.5. The molecule has 3 heterocycles. The molecule has 2 aliphatic heterocycles. The topological polar surface area (TPSA) is 190 Å². The van der Waals surface area contributed by atoms with E-state index in [2.05, 4.69) is 33.1 Å². The van der Waals surface area contributed by atoms with Gasteiger partial charge in [-0.25, -0.2) is 0 Å². The van der Waals surface area contributed by atoms with E-state index in [1.165, 1.54) is 11.3 Å². The Hall–Kier alpha value is -3.69. The molecule has 56 heavy (non-hydrogen) atoms. The van der Waals surface area contributed by atoms with E-state index in [1.807, 2.05) is 0 Å². The van der Waals surface area contributed by atoms with Crippen LogP contribution < -0.4 is 10.6 Å². The molecule has 2 spiro atoms. The second-order valence-electron chi connectivity index (χ2n) is 17.4. The highest BCUT2D eigenvalue weighted by atomic mass is 16.5. The van der Waals surface area contributed by atoms with Gasteiger partial charge in [0, 0.05) is 51.1 Å². The normalized spacial score (nSPS) is 27.4. The van der Waals surface area contributed by atoms with E-state index in [4.69, 9.17) is 5.11 Å². The summed E-state index contributed by atoms with van der Waals surface area (Å²) in [6, 6.07) is 0. The van der Waals surface area contributed by atoms with Crippen molar-refractivity contribution >= 4 is 29.5 Å². The van der Waals surface area contributed by atoms with Crippen LogP contribution in [-0.2, 0) is 37.1 Å². The number of aliphatic hydroxyl groups excluding tert-OH is 1. The average molecular weight is 779 g/mol. The third-order valence-corrected chi connectivity index (χ3v) is 14.0. The zero-order valence-corrected chi connectivity index (χ0v) is 32.9. The second-order valence-corrected chi connectivity index (χ2v) is 17.4. The number of unbranched alkanes of at least 4 members (excludes halogenated alkanes) is 2. The molecule has 0 aromatic carbocycles. The fraction of sp³-hybridized carbons (Fsp3) is 0.780. The van der Waals surface area contributed by atoms with Crippen molar-refractivity contribution in [3.63, 3.8) is 0 Å². The molecule has 4 aliphatic carbocycles. The number of aryl methyl sites for hydroxylation is 1. The van der Waals surface area contributed by atoms with Crippen LogP contribution in [-0.4, -0.2) is 114 Å². The van der Waals surface area contributed by atoms with Crippen LogP contribution in [0, 0.1) is 29.6 Å². The number of hydrogen-bond donors (Lipinski definition) is 4. The molecule has 5 atom stereocenters. The van der Waals surface area contributed by atoms with Crippen LogP contribution in [0.1, 0.15) is 121 Å². The largest absolute Gasteiger partial charge is 0.395 e. The Morgan fingerprint density at radius 3 is 2.23 bits per heavy atom. The summed E-state index contributed by atoms with van der Waals surface area (Å²) in [6.45, 7) is 1.72. The van der Waals surface area contributed by atoms with E-state index in [-0.39, 0.29) is 104 Å². The molecule has 3 saturated carbocycles. The maximum absolute atomic E-state index is 13.7. The number of nitrogens with one attached hydrogen (secondary N) is 2. The molecule has 5 amide bonds. The Bertz CT molecular complexity index is 1590. The van der Waals surface area contributed by atoms with Gasteiger partial charge in [-0.15, -0.1) is 5.10 Å². The van der Waals surface area contributed by atoms with Gasteiger partial charge in [0.2, 0.25) is 29.5 Å². The monoisotopic (exact) mass is 778 g/mol. The van der Waals surface area contributed by atoms with E-state index in [1.54, 1.807) is 20.8 Å². The molecule has 4 N–H and O–H groups in total. The number of likely N-dealkylation sites (tertiary alicyclic amines) is 1. The molecule has 6 aliphatic rings. The number of carbonyl (C=O) groups is 5. The summed E-state index contributed by atoms with van der Waals surface area (Å²) >= 11 is 0. The molecular weight excluding hydrogens is 716 g/mol. The van der Waals surface area contributed by atoms with Crippen molar-refractivity contribution in [2.45, 2.75) is 140 Å². The minimum Gasteiger partial charge on any atom is -0.395 e. The fourth-order valence-electron chi connectivity index (χ4n) is 11.1. The van der Waals surface area contributed by atoms with E-state index in [9.17, 15) is 29.2 Å². The number of amides is 5. The summed E-state index contributed by atoms with van der Waals surface area (Å²) in [6.07, 6.45) is 20.7. The standard InChI is InChI=1S/C41H62N8O7/c50-24-20-42-33(51)14-23-46(34(52)11-4-1-9-22-48-38(54)35-29-12-13-30(25-29)36(35)39(48)55)27-31-28-47(45-44-31)21-10-19-43-37(53)32-26-40(15-5-2-6-16-40)49(56)41(32)17-7-3-8-18-41/h12-13,28-30,32,35-36,50,56H,1-11,14-27H2,(H,42,51)(H,43,53)/t29-,30+,32?,35+,36-. The predicted molar refractivity (Wildman–Crippen MR) is 204 cm³/mol. The molecule has 2 saturated heterocycles. The molecule has 1 unspecified atom stereocenters. The molecule has 1 aromatic rings. The Labute approximate surface area is 329 Å². The highest BCUT2D eigenvalue weighted by molar-refractivity contribution is 6.06. The molecule has 5 fully saturated rings. The van der Waals surface area contributed by atoms with Crippen LogP contribution in [0.2, 0.25) is 0 Å². The summed E-state index contributed by atoms with van der Waals surface area (Å²) in [4.78, 5) is 68.6. The van der Waals surface area contributed by atoms with Crippen LogP contribution in [0.3, 0.4) is 0 Å². The molecule has 308 valence electrons. The molecule has 15 heteroatoms. The van der Waals surface area contributed by atoms with Gasteiger partial charge in [-0.1, -0.05) is 62.3 Å². The van der Waals surface area contributed by atoms with Gasteiger partial charge in [0.1, 0.15) is 5.69 Å². The van der Waals surface area contributed by atoms with E-state index >= 15 is 0 Å². The number of nitrogens with zero attached hydrogens (tertiary/aromatic N) is 6. The summed E-state index contributed by atoms with van der Waals surface area (Å²) in [5, 5.41) is 36.8. The van der Waals surface area contributed by atoms with Gasteiger partial charge in [-0.3, -0.25) is 33.6 Å². The number of aromatic nitrogens is 3. The van der Waals surface area contributed by atoms with Crippen molar-refractivity contribution in [3.8, 4) is 0 Å². The number of hydroxylamine groups is 2. The van der Waals surface area contributed by atoms with Gasteiger partial charge >= 0.3 is 0 Å². The lowest BCUT2D eigenvalue weighted by molar-refractivity contribution is -0.231. The van der Waals surface area contributed by atoms with Crippen molar-refractivity contribution in [1.29, 1.82) is 0 Å². The van der Waals surface area contributed by atoms with Crippen molar-refractivity contribution in [2.24, 2.45) is 29.6 Å². The number of hydrogen-bond acceptors (Lipinski definition) is 10. The lowest BCUT2D eigenvalue weighted by Gasteiger charge is -2.47. The van der Waals surface area contributed by atoms with Gasteiger partial charge in [0.05, 0.1) is 42.6 Å². The van der Waals surface area contributed by atoms with E-state index < -0.39 is 5.54 Å². The van der Waals surface area contributed by atoms with Crippen molar-refractivity contribution in [1.82, 2.24) is 40.5 Å². The summed E-state index contributed by atoms with van der Waals surface area (Å²) in [5.74, 6) is -0.660. The van der Waals surface area contributed by atoms with Crippen molar-refractivity contribution in [3.05, 3.63) is 24.0 Å². The van der Waals surface area contributed by atoms with E-state index in [0.717, 1.165) is 70.6 Å². The zero-order chi connectivity index (χ0) is 39.3. The summed E-state index contributed by atoms with van der Waals surface area (Å²) in [5.41, 5.74) is -0.153. The number of aliphatic hydroxyl groups is 1. The molecule has 1 aromatic heterocycles. The number of rotatable bonds is 18. The van der Waals surface area contributed by atoms with Crippen LogP contribution in [0.25, 0.3) is 0 Å². The molecule has 7 rings (SSSR count). The van der Waals surface area contributed by atoms with Crippen LogP contribution in [0.5, 0.6) is 0 Å². The highest BCUT2D eigenvalue weighted by Crippen LogP contribution is 2.56. The van der Waals surface area contributed by atoms with Gasteiger partial charge in [-0.05, 0) is 69.6 Å². The Morgan fingerprint density at radius 1 is 0.839 bits per heavy atom. The molecule has 15 nitrogen and oxygen atoms in total. The highest BCUT2D eigenvalue weighted by Gasteiger charge is 2.62. The van der Waals surface area contributed by atoms with Gasteiger partial charge in [-0.2, -0.15) is 5.06 Å². The SMILES string of the molecule is O=C(CCN(Cc1cn(CCCNC(=O)C2CC3(CCCCC3)N(O)C23CCCCC3)nn1)C(=O)CCCCCN1C(=O)[C@@H]2[C@H](C1=O)[C@H]1C=C[C@@H]2C1)NCCO. The first kappa shape index (κ1) is 40.5. The van der Waals surface area contributed by atoms with Crippen molar-refractivity contribution in [2.75, 3.05) is 32.8 Å². The molecule has 0 radical (unpaired) electrons. The first-order chi connectivity index (χ1) is 27.2. The second kappa shape index (κ2) is 17.8. The average Bonchev–Trinajstić information content (AvgIpc) is 4.04. The van der Waals surface area contributed by atoms with Crippen LogP contribution in [0.15, 0.2) is 18.3 Å². The van der Waals surface area contributed by atoms with Crippen LogP contribution in [0.4, 0.5) is 0 Å². The van der Waals surface area contributed by atoms with Gasteiger partial charge in [0.25, 0.3) is 0 Å². The number of allylic oxidation sites excluding steroid dienone is 2. The quantitative estimate of drug-likeness (QED) is 0.0980. The smallest absolute Gasteiger partial charge is 0.233 e. The number of imide groups is 1. The van der Waals surface area contributed by atoms with E-state index in [0.29, 0.717) is 51.0 Å². The van der Waals surface area contributed by atoms with Crippen molar-refractivity contribution < 1.29 is 34.3 Å². The van der Waals surface area contributed by atoms with Crippen LogP contribution >= 0.6 is 0 Å². The lowest BCUT2D eigenvalue weighted by atomic mass is 9.72. The summed E-state index contributed by atoms with van der Waals surface area (Å²) in [7, 11) is 0.